The van der Waals surface area contributed by atoms with Gasteiger partial charge in [-0.3, -0.25) is 19.8 Å². The number of ether oxygens (including phenoxy) is 1. The molecule has 3 heterocycles. The van der Waals surface area contributed by atoms with Crippen molar-refractivity contribution in [3.05, 3.63) is 76.5 Å². The van der Waals surface area contributed by atoms with Crippen LogP contribution >= 0.6 is 0 Å². The summed E-state index contributed by atoms with van der Waals surface area (Å²) >= 11 is 0. The molecule has 2 aromatic heterocycles. The predicted molar refractivity (Wildman–Crippen MR) is 130 cm³/mol. The molecular weight excluding hydrogens is 448 g/mol. The van der Waals surface area contributed by atoms with E-state index in [4.69, 9.17) is 4.74 Å². The molecule has 0 saturated carbocycles. The summed E-state index contributed by atoms with van der Waals surface area (Å²) in [7, 11) is 1.55. The summed E-state index contributed by atoms with van der Waals surface area (Å²) in [5, 5.41) is 4.60. The number of carbonyl (C=O) groups excluding carboxylic acids is 2. The number of aryl methyl sites for hydroxylation is 2. The quantitative estimate of drug-likeness (QED) is 0.477. The molecule has 1 aliphatic heterocycles. The van der Waals surface area contributed by atoms with Crippen molar-refractivity contribution in [3.63, 3.8) is 0 Å². The molecule has 1 unspecified atom stereocenters. The number of nitrogens with one attached hydrogen (secondary N) is 1. The Labute approximate surface area is 200 Å². The van der Waals surface area contributed by atoms with Crippen molar-refractivity contribution in [1.82, 2.24) is 19.4 Å². The second-order valence-corrected chi connectivity index (χ2v) is 8.56. The fourth-order valence-corrected chi connectivity index (χ4v) is 4.16. The van der Waals surface area contributed by atoms with Crippen molar-refractivity contribution in [2.75, 3.05) is 24.0 Å². The van der Waals surface area contributed by atoms with Gasteiger partial charge in [-0.25, -0.2) is 14.3 Å². The lowest BCUT2D eigenvalue weighted by atomic mass is 10.1. The number of fused-ring (bicyclic) bond motifs is 1. The smallest absolute Gasteiger partial charge is 0.283 e. The topological polar surface area (TPSA) is 111 Å². The summed E-state index contributed by atoms with van der Waals surface area (Å²) < 4.78 is 7.85. The van der Waals surface area contributed by atoms with E-state index < -0.39 is 17.4 Å². The van der Waals surface area contributed by atoms with E-state index in [1.54, 1.807) is 41.0 Å². The molecule has 0 aliphatic carbocycles. The Morgan fingerprint density at radius 1 is 1.09 bits per heavy atom. The van der Waals surface area contributed by atoms with Crippen LogP contribution in [0.4, 0.5) is 5.69 Å². The molecular formula is C25H24N6O4. The minimum Gasteiger partial charge on any atom is -0.497 e. The van der Waals surface area contributed by atoms with Gasteiger partial charge in [0.15, 0.2) is 5.65 Å². The first-order valence-corrected chi connectivity index (χ1v) is 11.1. The molecule has 1 N–H and O–H groups in total. The minimum atomic E-state index is -0.616. The summed E-state index contributed by atoms with van der Waals surface area (Å²) in [4.78, 5) is 44.4. The first-order valence-electron chi connectivity index (χ1n) is 11.1. The highest BCUT2D eigenvalue weighted by atomic mass is 16.5. The highest BCUT2D eigenvalue weighted by Gasteiger charge is 2.35. The van der Waals surface area contributed by atoms with Gasteiger partial charge < -0.3 is 9.64 Å². The lowest BCUT2D eigenvalue weighted by Crippen LogP contribution is -2.37. The van der Waals surface area contributed by atoms with Crippen molar-refractivity contribution < 1.29 is 14.3 Å². The van der Waals surface area contributed by atoms with Crippen LogP contribution in [0.15, 0.2) is 59.8 Å². The molecule has 1 fully saturated rings. The van der Waals surface area contributed by atoms with Gasteiger partial charge >= 0.3 is 0 Å². The van der Waals surface area contributed by atoms with Crippen LogP contribution in [0.1, 0.15) is 17.5 Å². The summed E-state index contributed by atoms with van der Waals surface area (Å²) in [6.45, 7) is 4.23. The molecule has 0 bridgehead atoms. The number of hydrogen-bond donors (Lipinski definition) is 1. The Bertz CT molecular complexity index is 1520. The average Bonchev–Trinajstić information content (AvgIpc) is 3.47. The van der Waals surface area contributed by atoms with E-state index in [0.29, 0.717) is 17.1 Å². The Balaban J connectivity index is 1.36. The van der Waals surface area contributed by atoms with Gasteiger partial charge in [-0.15, -0.1) is 0 Å². The number of anilines is 1. The van der Waals surface area contributed by atoms with Gasteiger partial charge in [0.05, 0.1) is 24.9 Å². The van der Waals surface area contributed by atoms with E-state index in [1.165, 1.54) is 12.5 Å². The van der Waals surface area contributed by atoms with Gasteiger partial charge in [-0.2, -0.15) is 5.10 Å². The zero-order valence-electron chi connectivity index (χ0n) is 19.6. The number of amides is 2. The van der Waals surface area contributed by atoms with Crippen LogP contribution in [-0.4, -0.2) is 44.9 Å². The number of methoxy groups -OCH3 is 1. The third kappa shape index (κ3) is 4.03. The fourth-order valence-electron chi connectivity index (χ4n) is 4.16. The first-order chi connectivity index (χ1) is 16.9. The minimum absolute atomic E-state index is 0.0399. The number of nitrogens with zero attached hydrogens (tertiary/aromatic N) is 5. The monoisotopic (exact) mass is 472 g/mol. The molecule has 4 aromatic rings. The van der Waals surface area contributed by atoms with E-state index in [9.17, 15) is 14.4 Å². The van der Waals surface area contributed by atoms with Gasteiger partial charge in [0.1, 0.15) is 17.5 Å². The number of hydrogen-bond acceptors (Lipinski definition) is 6. The molecule has 1 aliphatic rings. The Kier molecular flexibility index (Phi) is 5.56. The molecule has 10 heteroatoms. The lowest BCUT2D eigenvalue weighted by molar-refractivity contribution is -0.123. The zero-order chi connectivity index (χ0) is 24.7. The standard InChI is InChI=1S/C25H24N6O4/c1-15-7-8-19(9-16(15)2)31-23-21(12-27-31)25(34)30(14-26-23)28-24(33)17-10-22(32)29(13-17)18-5-4-6-20(11-18)35-3/h4-9,11-12,14,17H,10,13H2,1-3H3,(H,28,33). The molecule has 35 heavy (non-hydrogen) atoms. The maximum Gasteiger partial charge on any atom is 0.283 e. The molecule has 1 atom stereocenters. The van der Waals surface area contributed by atoms with E-state index in [0.717, 1.165) is 21.5 Å². The van der Waals surface area contributed by atoms with Gasteiger partial charge in [0.2, 0.25) is 11.8 Å². The van der Waals surface area contributed by atoms with Crippen LogP contribution in [0.3, 0.4) is 0 Å². The summed E-state index contributed by atoms with van der Waals surface area (Å²) in [6.07, 6.45) is 2.74. The van der Waals surface area contributed by atoms with Crippen LogP contribution in [0.2, 0.25) is 0 Å². The largest absolute Gasteiger partial charge is 0.497 e. The van der Waals surface area contributed by atoms with Gasteiger partial charge in [0, 0.05) is 24.7 Å². The van der Waals surface area contributed by atoms with Crippen LogP contribution in [0.5, 0.6) is 5.75 Å². The average molecular weight is 473 g/mol. The van der Waals surface area contributed by atoms with Gasteiger partial charge in [-0.1, -0.05) is 12.1 Å². The van der Waals surface area contributed by atoms with Gasteiger partial charge in [0.25, 0.3) is 5.56 Å². The number of aromatic nitrogens is 4. The maximum absolute atomic E-state index is 13.0. The predicted octanol–water partition coefficient (Wildman–Crippen LogP) is 2.33. The Morgan fingerprint density at radius 3 is 2.69 bits per heavy atom. The molecule has 178 valence electrons. The van der Waals surface area contributed by atoms with Crippen molar-refractivity contribution >= 4 is 28.5 Å². The fraction of sp³-hybridized carbons (Fsp3) is 0.240. The molecule has 10 nitrogen and oxygen atoms in total. The summed E-state index contributed by atoms with van der Waals surface area (Å²) in [5.41, 5.74) is 6.22. The van der Waals surface area contributed by atoms with Crippen LogP contribution < -0.4 is 20.6 Å². The Hall–Kier alpha value is -4.47. The van der Waals surface area contributed by atoms with Crippen LogP contribution in [0.25, 0.3) is 16.7 Å². The molecule has 1 saturated heterocycles. The zero-order valence-corrected chi connectivity index (χ0v) is 19.6. The van der Waals surface area contributed by atoms with E-state index in [1.807, 2.05) is 32.0 Å². The van der Waals surface area contributed by atoms with Gasteiger partial charge in [-0.05, 0) is 49.2 Å². The molecule has 2 amide bonds. The van der Waals surface area contributed by atoms with Crippen molar-refractivity contribution in [3.8, 4) is 11.4 Å². The highest BCUT2D eigenvalue weighted by molar-refractivity contribution is 6.02. The van der Waals surface area contributed by atoms with Crippen molar-refractivity contribution in [2.45, 2.75) is 20.3 Å². The SMILES string of the molecule is COc1cccc(N2CC(C(=O)Nn3cnc4c(cnn4-c4ccc(C)c(C)c4)c3=O)CC2=O)c1. The number of carbonyl (C=O) groups is 2. The lowest BCUT2D eigenvalue weighted by Gasteiger charge is -2.17. The van der Waals surface area contributed by atoms with E-state index in [-0.39, 0.29) is 24.3 Å². The second-order valence-electron chi connectivity index (χ2n) is 8.56. The summed E-state index contributed by atoms with van der Waals surface area (Å²) in [6, 6.07) is 13.0. The molecule has 0 spiro atoms. The second kappa shape index (κ2) is 8.71. The normalized spacial score (nSPS) is 15.6. The van der Waals surface area contributed by atoms with Crippen LogP contribution in [-0.2, 0) is 9.59 Å². The molecule has 5 rings (SSSR count). The third-order valence-electron chi connectivity index (χ3n) is 6.32. The van der Waals surface area contributed by atoms with E-state index >= 15 is 0 Å². The number of rotatable bonds is 5. The molecule has 2 aromatic carbocycles. The highest BCUT2D eigenvalue weighted by Crippen LogP contribution is 2.28. The maximum atomic E-state index is 13.0. The summed E-state index contributed by atoms with van der Waals surface area (Å²) in [5.74, 6) is -0.604. The van der Waals surface area contributed by atoms with E-state index in [2.05, 4.69) is 15.5 Å². The molecule has 0 radical (unpaired) electrons. The first kappa shape index (κ1) is 22.3. The third-order valence-corrected chi connectivity index (χ3v) is 6.32. The Morgan fingerprint density at radius 2 is 1.91 bits per heavy atom. The van der Waals surface area contributed by atoms with Crippen LogP contribution in [0, 0.1) is 19.8 Å². The van der Waals surface area contributed by atoms with Crippen molar-refractivity contribution in [2.24, 2.45) is 5.92 Å². The van der Waals surface area contributed by atoms with Crippen molar-refractivity contribution in [1.29, 1.82) is 0 Å². The number of benzene rings is 2.